The fraction of sp³-hybridized carbons (Fsp3) is 0.130. The third kappa shape index (κ3) is 2.61. The Hall–Kier alpha value is -3.40. The number of hydrogen-bond donors (Lipinski definition) is 2. The van der Waals surface area contributed by atoms with Gasteiger partial charge < -0.3 is 10.2 Å². The molecule has 0 bridgehead atoms. The van der Waals surface area contributed by atoms with Crippen molar-refractivity contribution in [3.05, 3.63) is 93.0 Å². The maximum absolute atomic E-state index is 12.8. The van der Waals surface area contributed by atoms with E-state index >= 15 is 0 Å². The first-order chi connectivity index (χ1) is 12.9. The second kappa shape index (κ2) is 6.09. The molecule has 0 radical (unpaired) electrons. The number of rotatable bonds is 2. The third-order valence-corrected chi connectivity index (χ3v) is 5.21. The van der Waals surface area contributed by atoms with Gasteiger partial charge in [-0.3, -0.25) is 9.59 Å². The molecule has 2 N–H and O–H groups in total. The van der Waals surface area contributed by atoms with Gasteiger partial charge in [-0.15, -0.1) is 0 Å². The van der Waals surface area contributed by atoms with E-state index in [4.69, 9.17) is 0 Å². The normalized spacial score (nSPS) is 12.7. The largest absolute Gasteiger partial charge is 0.508 e. The second-order valence-electron chi connectivity index (χ2n) is 6.93. The lowest BCUT2D eigenvalue weighted by Crippen LogP contribution is -2.21. The minimum absolute atomic E-state index is 0.105. The number of phenolic OH excluding ortho intramolecular Hbond substituents is 2. The number of carbonyl (C=O) groups excluding carboxylic acids is 2. The number of aryl methyl sites for hydroxylation is 1. The van der Waals surface area contributed by atoms with Crippen molar-refractivity contribution in [3.63, 3.8) is 0 Å². The third-order valence-electron chi connectivity index (χ3n) is 5.21. The first-order valence-corrected chi connectivity index (χ1v) is 8.71. The molecule has 27 heavy (non-hydrogen) atoms. The molecule has 0 aliphatic heterocycles. The van der Waals surface area contributed by atoms with E-state index in [9.17, 15) is 19.8 Å². The summed E-state index contributed by atoms with van der Waals surface area (Å²) >= 11 is 0. The van der Waals surface area contributed by atoms with Crippen LogP contribution in [0.5, 0.6) is 11.5 Å². The number of aromatic hydroxyl groups is 2. The first kappa shape index (κ1) is 17.0. The van der Waals surface area contributed by atoms with Crippen molar-refractivity contribution in [2.45, 2.75) is 20.3 Å². The van der Waals surface area contributed by atoms with E-state index < -0.39 is 0 Å². The quantitative estimate of drug-likeness (QED) is 0.530. The van der Waals surface area contributed by atoms with Crippen molar-refractivity contribution < 1.29 is 19.8 Å². The fourth-order valence-electron chi connectivity index (χ4n) is 3.68. The first-order valence-electron chi connectivity index (χ1n) is 8.71. The average Bonchev–Trinajstić information content (AvgIpc) is 2.67. The van der Waals surface area contributed by atoms with Crippen LogP contribution < -0.4 is 0 Å². The Morgan fingerprint density at radius 2 is 1.37 bits per heavy atom. The van der Waals surface area contributed by atoms with Gasteiger partial charge in [0.1, 0.15) is 11.5 Å². The number of ketones is 2. The van der Waals surface area contributed by atoms with E-state index in [-0.39, 0.29) is 23.1 Å². The van der Waals surface area contributed by atoms with E-state index in [0.29, 0.717) is 45.4 Å². The predicted molar refractivity (Wildman–Crippen MR) is 102 cm³/mol. The van der Waals surface area contributed by atoms with E-state index in [0.717, 1.165) is 5.56 Å². The Labute approximate surface area is 156 Å². The van der Waals surface area contributed by atoms with Crippen LogP contribution in [0.4, 0.5) is 0 Å². The molecule has 0 unspecified atom stereocenters. The summed E-state index contributed by atoms with van der Waals surface area (Å²) in [6.07, 6.45) is 0.349. The zero-order chi connectivity index (χ0) is 19.3. The average molecular weight is 358 g/mol. The van der Waals surface area contributed by atoms with Gasteiger partial charge in [0.15, 0.2) is 11.6 Å². The van der Waals surface area contributed by atoms with Crippen LogP contribution in [0, 0.1) is 13.8 Å². The maximum atomic E-state index is 12.8. The van der Waals surface area contributed by atoms with Crippen LogP contribution in [0.1, 0.15) is 54.1 Å². The molecular weight excluding hydrogens is 340 g/mol. The van der Waals surface area contributed by atoms with Gasteiger partial charge in [0.05, 0.1) is 0 Å². The molecule has 0 aromatic heterocycles. The molecule has 4 rings (SSSR count). The Morgan fingerprint density at radius 3 is 2.04 bits per heavy atom. The summed E-state index contributed by atoms with van der Waals surface area (Å²) in [6, 6.07) is 13.5. The second-order valence-corrected chi connectivity index (χ2v) is 6.93. The molecule has 0 saturated heterocycles. The van der Waals surface area contributed by atoms with Crippen molar-refractivity contribution in [1.29, 1.82) is 0 Å². The van der Waals surface area contributed by atoms with Crippen LogP contribution in [0.15, 0.2) is 48.5 Å². The molecule has 0 spiro atoms. The van der Waals surface area contributed by atoms with Crippen molar-refractivity contribution in [1.82, 2.24) is 0 Å². The highest BCUT2D eigenvalue weighted by atomic mass is 16.3. The molecule has 3 aromatic rings. The van der Waals surface area contributed by atoms with Gasteiger partial charge in [-0.25, -0.2) is 0 Å². The summed E-state index contributed by atoms with van der Waals surface area (Å²) in [6.45, 7) is 3.48. The highest BCUT2D eigenvalue weighted by Gasteiger charge is 2.29. The SMILES string of the molecule is Cc1cc(O)c(Cc2ccc3c(c2)C(=O)c2ccccc2C3=O)c(C)c1O. The molecule has 134 valence electrons. The van der Waals surface area contributed by atoms with E-state index in [2.05, 4.69) is 0 Å². The lowest BCUT2D eigenvalue weighted by atomic mass is 9.82. The molecule has 3 aromatic carbocycles. The van der Waals surface area contributed by atoms with E-state index in [1.807, 2.05) is 0 Å². The Morgan fingerprint density at radius 1 is 0.778 bits per heavy atom. The molecule has 0 amide bonds. The molecule has 4 nitrogen and oxygen atoms in total. The highest BCUT2D eigenvalue weighted by Crippen LogP contribution is 2.34. The van der Waals surface area contributed by atoms with Gasteiger partial charge in [-0.2, -0.15) is 0 Å². The molecule has 1 aliphatic rings. The number of carbonyl (C=O) groups is 2. The summed E-state index contributed by atoms with van der Waals surface area (Å²) in [7, 11) is 0. The lowest BCUT2D eigenvalue weighted by Gasteiger charge is -2.18. The molecule has 0 heterocycles. The monoisotopic (exact) mass is 358 g/mol. The minimum atomic E-state index is -0.172. The molecular formula is C23H18O4. The number of hydrogen-bond acceptors (Lipinski definition) is 4. The Kier molecular flexibility index (Phi) is 3.84. The van der Waals surface area contributed by atoms with Crippen molar-refractivity contribution in [2.24, 2.45) is 0 Å². The van der Waals surface area contributed by atoms with Crippen LogP contribution in [0.25, 0.3) is 0 Å². The van der Waals surface area contributed by atoms with Gasteiger partial charge in [-0.05, 0) is 42.7 Å². The van der Waals surface area contributed by atoms with Crippen molar-refractivity contribution in [2.75, 3.05) is 0 Å². The number of fused-ring (bicyclic) bond motifs is 2. The molecule has 1 aliphatic carbocycles. The Balaban J connectivity index is 1.78. The smallest absolute Gasteiger partial charge is 0.194 e. The van der Waals surface area contributed by atoms with Gasteiger partial charge in [0.2, 0.25) is 0 Å². The molecule has 4 heteroatoms. The minimum Gasteiger partial charge on any atom is -0.508 e. The van der Waals surface area contributed by atoms with Crippen molar-refractivity contribution in [3.8, 4) is 11.5 Å². The molecule has 0 fully saturated rings. The highest BCUT2D eigenvalue weighted by molar-refractivity contribution is 6.28. The molecule has 0 saturated carbocycles. The van der Waals surface area contributed by atoms with Crippen LogP contribution in [0.2, 0.25) is 0 Å². The standard InChI is InChI=1S/C23H18O4/c1-12-9-20(24)18(13(2)21(12)25)10-14-7-8-17-19(11-14)23(27)16-6-4-3-5-15(16)22(17)26/h3-9,11,24-25H,10H2,1-2H3. The topological polar surface area (TPSA) is 74.6 Å². The van der Waals surface area contributed by atoms with Crippen LogP contribution in [-0.4, -0.2) is 21.8 Å². The van der Waals surface area contributed by atoms with Crippen molar-refractivity contribution >= 4 is 11.6 Å². The summed E-state index contributed by atoms with van der Waals surface area (Å²) in [4.78, 5) is 25.5. The summed E-state index contributed by atoms with van der Waals surface area (Å²) in [5.41, 5.74) is 4.23. The molecule has 0 atom stereocenters. The Bertz CT molecular complexity index is 1130. The lowest BCUT2D eigenvalue weighted by molar-refractivity contribution is 0.0979. The fourth-order valence-corrected chi connectivity index (χ4v) is 3.68. The zero-order valence-electron chi connectivity index (χ0n) is 15.0. The summed E-state index contributed by atoms with van der Waals surface area (Å²) in [5.74, 6) is -0.0669. The van der Waals surface area contributed by atoms with Gasteiger partial charge in [0, 0.05) is 34.2 Å². The van der Waals surface area contributed by atoms with Gasteiger partial charge in [-0.1, -0.05) is 36.4 Å². The summed E-state index contributed by atoms with van der Waals surface area (Å²) < 4.78 is 0. The van der Waals surface area contributed by atoms with Crippen LogP contribution >= 0.6 is 0 Å². The van der Waals surface area contributed by atoms with Gasteiger partial charge >= 0.3 is 0 Å². The van der Waals surface area contributed by atoms with E-state index in [1.165, 1.54) is 6.07 Å². The van der Waals surface area contributed by atoms with Crippen LogP contribution in [0.3, 0.4) is 0 Å². The number of phenols is 2. The number of benzene rings is 3. The predicted octanol–water partition coefficient (Wildman–Crippen LogP) is 4.08. The van der Waals surface area contributed by atoms with Crippen LogP contribution in [-0.2, 0) is 6.42 Å². The van der Waals surface area contributed by atoms with E-state index in [1.54, 1.807) is 56.3 Å². The maximum Gasteiger partial charge on any atom is 0.194 e. The summed E-state index contributed by atoms with van der Waals surface area (Å²) in [5, 5.41) is 20.4. The zero-order valence-corrected chi connectivity index (χ0v) is 15.0. The van der Waals surface area contributed by atoms with Gasteiger partial charge in [0.25, 0.3) is 0 Å².